The Labute approximate surface area is 94.2 Å². The molecule has 0 unspecified atom stereocenters. The molecule has 0 aliphatic carbocycles. The molecule has 2 N–H and O–H groups in total. The lowest BCUT2D eigenvalue weighted by atomic mass is 10.1. The lowest BCUT2D eigenvalue weighted by molar-refractivity contribution is 0.816. The Morgan fingerprint density at radius 1 is 1.50 bits per heavy atom. The lowest BCUT2D eigenvalue weighted by Crippen LogP contribution is -2.16. The van der Waals surface area contributed by atoms with Gasteiger partial charge < -0.3 is 10.6 Å². The fourth-order valence-electron chi connectivity index (χ4n) is 1.29. The van der Waals surface area contributed by atoms with Crippen LogP contribution < -0.4 is 10.6 Å². The molecule has 0 fully saturated rings. The Bertz CT molecular complexity index is 310. The quantitative estimate of drug-likeness (QED) is 0.902. The number of hydrogen-bond donors (Lipinski definition) is 1. The van der Waals surface area contributed by atoms with Gasteiger partial charge in [0, 0.05) is 24.1 Å². The van der Waals surface area contributed by atoms with E-state index < -0.39 is 0 Å². The van der Waals surface area contributed by atoms with Crippen LogP contribution in [0.3, 0.4) is 0 Å². The molecule has 0 aliphatic rings. The van der Waals surface area contributed by atoms with Crippen LogP contribution in [0.25, 0.3) is 0 Å². The van der Waals surface area contributed by atoms with Gasteiger partial charge in [0.2, 0.25) is 0 Å². The van der Waals surface area contributed by atoms with E-state index in [0.717, 1.165) is 16.6 Å². The summed E-state index contributed by atoms with van der Waals surface area (Å²) in [6, 6.07) is 6.36. The zero-order valence-corrected chi connectivity index (χ0v) is 10.5. The van der Waals surface area contributed by atoms with E-state index >= 15 is 0 Å². The Morgan fingerprint density at radius 2 is 2.14 bits per heavy atom. The summed E-state index contributed by atoms with van der Waals surface area (Å²) in [4.78, 5) is 2.19. The summed E-state index contributed by atoms with van der Waals surface area (Å²) < 4.78 is 1.11. The van der Waals surface area contributed by atoms with Gasteiger partial charge in [0.1, 0.15) is 0 Å². The van der Waals surface area contributed by atoms with Gasteiger partial charge in [-0.1, -0.05) is 6.07 Å². The monoisotopic (exact) mass is 256 g/mol. The standard InChI is InChI=1S/C11H17BrN2/c1-4-14(3)11-6-5-9(8(2)13)7-10(11)12/h5-8H,4,13H2,1-3H3/t8-/m0/s1. The molecule has 0 amide bonds. The number of hydrogen-bond acceptors (Lipinski definition) is 2. The fourth-order valence-corrected chi connectivity index (χ4v) is 1.99. The average Bonchev–Trinajstić information content (AvgIpc) is 2.16. The minimum atomic E-state index is 0.0901. The van der Waals surface area contributed by atoms with Crippen molar-refractivity contribution >= 4 is 21.6 Å². The van der Waals surface area contributed by atoms with Crippen molar-refractivity contribution in [3.8, 4) is 0 Å². The minimum absolute atomic E-state index is 0.0901. The van der Waals surface area contributed by atoms with E-state index in [-0.39, 0.29) is 6.04 Å². The van der Waals surface area contributed by atoms with Crippen molar-refractivity contribution in [1.82, 2.24) is 0 Å². The van der Waals surface area contributed by atoms with Crippen LogP contribution in [0, 0.1) is 0 Å². The minimum Gasteiger partial charge on any atom is -0.374 e. The molecule has 0 saturated carbocycles. The van der Waals surface area contributed by atoms with Crippen molar-refractivity contribution in [1.29, 1.82) is 0 Å². The highest BCUT2D eigenvalue weighted by Crippen LogP contribution is 2.27. The molecule has 0 spiro atoms. The number of halogens is 1. The molecule has 0 radical (unpaired) electrons. The molecule has 1 atom stereocenters. The first-order valence-corrected chi connectivity index (χ1v) is 5.61. The van der Waals surface area contributed by atoms with Crippen LogP contribution >= 0.6 is 15.9 Å². The van der Waals surface area contributed by atoms with Gasteiger partial charge in [-0.2, -0.15) is 0 Å². The third-order valence-corrected chi connectivity index (χ3v) is 3.02. The van der Waals surface area contributed by atoms with Crippen LogP contribution in [0.2, 0.25) is 0 Å². The second-order valence-electron chi connectivity index (χ2n) is 3.51. The molecular weight excluding hydrogens is 240 g/mol. The van der Waals surface area contributed by atoms with E-state index in [1.165, 1.54) is 5.69 Å². The zero-order valence-electron chi connectivity index (χ0n) is 8.92. The van der Waals surface area contributed by atoms with Gasteiger partial charge in [-0.15, -0.1) is 0 Å². The molecule has 0 saturated heterocycles. The summed E-state index contributed by atoms with van der Waals surface area (Å²) in [5.41, 5.74) is 8.17. The molecule has 1 aromatic rings. The van der Waals surface area contributed by atoms with Crippen LogP contribution in [0.4, 0.5) is 5.69 Å². The molecule has 78 valence electrons. The summed E-state index contributed by atoms with van der Waals surface area (Å²) in [6.45, 7) is 5.12. The van der Waals surface area contributed by atoms with E-state index in [1.54, 1.807) is 0 Å². The number of nitrogens with two attached hydrogens (primary N) is 1. The largest absolute Gasteiger partial charge is 0.374 e. The first-order chi connectivity index (χ1) is 6.56. The van der Waals surface area contributed by atoms with E-state index in [2.05, 4.69) is 53.0 Å². The highest BCUT2D eigenvalue weighted by Gasteiger charge is 2.06. The second-order valence-corrected chi connectivity index (χ2v) is 4.37. The van der Waals surface area contributed by atoms with Crippen molar-refractivity contribution in [2.24, 2.45) is 5.73 Å². The molecule has 0 bridgehead atoms. The van der Waals surface area contributed by atoms with Gasteiger partial charge in [0.05, 0.1) is 5.69 Å². The first-order valence-electron chi connectivity index (χ1n) is 4.82. The summed E-state index contributed by atoms with van der Waals surface area (Å²) in [7, 11) is 2.08. The predicted octanol–water partition coefficient (Wildman–Crippen LogP) is 2.92. The molecule has 0 heterocycles. The lowest BCUT2D eigenvalue weighted by Gasteiger charge is -2.19. The maximum absolute atomic E-state index is 5.81. The Hall–Kier alpha value is -0.540. The van der Waals surface area contributed by atoms with E-state index in [9.17, 15) is 0 Å². The van der Waals surface area contributed by atoms with Crippen LogP contribution in [-0.4, -0.2) is 13.6 Å². The second kappa shape index (κ2) is 4.80. The number of rotatable bonds is 3. The van der Waals surface area contributed by atoms with Crippen LogP contribution in [0.1, 0.15) is 25.5 Å². The summed E-state index contributed by atoms with van der Waals surface area (Å²) in [5.74, 6) is 0. The van der Waals surface area contributed by atoms with Gasteiger partial charge in [-0.25, -0.2) is 0 Å². The number of benzene rings is 1. The van der Waals surface area contributed by atoms with Crippen molar-refractivity contribution < 1.29 is 0 Å². The van der Waals surface area contributed by atoms with Gasteiger partial charge in [-0.3, -0.25) is 0 Å². The SMILES string of the molecule is CCN(C)c1ccc([C@H](C)N)cc1Br. The summed E-state index contributed by atoms with van der Waals surface area (Å²) >= 11 is 3.56. The highest BCUT2D eigenvalue weighted by atomic mass is 79.9. The van der Waals surface area contributed by atoms with E-state index in [4.69, 9.17) is 5.73 Å². The van der Waals surface area contributed by atoms with Gasteiger partial charge in [0.25, 0.3) is 0 Å². The maximum Gasteiger partial charge on any atom is 0.0508 e. The molecule has 1 aromatic carbocycles. The fraction of sp³-hybridized carbons (Fsp3) is 0.455. The molecule has 2 nitrogen and oxygen atoms in total. The predicted molar refractivity (Wildman–Crippen MR) is 65.7 cm³/mol. The molecule has 0 aromatic heterocycles. The molecule has 0 aliphatic heterocycles. The maximum atomic E-state index is 5.81. The van der Waals surface area contributed by atoms with Gasteiger partial charge in [0.15, 0.2) is 0 Å². The van der Waals surface area contributed by atoms with Crippen molar-refractivity contribution in [2.75, 3.05) is 18.5 Å². The third kappa shape index (κ3) is 2.49. The first kappa shape index (κ1) is 11.5. The van der Waals surface area contributed by atoms with E-state index in [0.29, 0.717) is 0 Å². The summed E-state index contributed by atoms with van der Waals surface area (Å²) in [6.07, 6.45) is 0. The Kier molecular flexibility index (Phi) is 3.96. The Balaban J connectivity index is 3.01. The smallest absolute Gasteiger partial charge is 0.0508 e. The van der Waals surface area contributed by atoms with Gasteiger partial charge in [-0.05, 0) is 47.5 Å². The third-order valence-electron chi connectivity index (χ3n) is 2.38. The number of anilines is 1. The highest BCUT2D eigenvalue weighted by molar-refractivity contribution is 9.10. The molecule has 1 rings (SSSR count). The number of nitrogens with zero attached hydrogens (tertiary/aromatic N) is 1. The summed E-state index contributed by atoms with van der Waals surface area (Å²) in [5, 5.41) is 0. The van der Waals surface area contributed by atoms with Crippen molar-refractivity contribution in [2.45, 2.75) is 19.9 Å². The van der Waals surface area contributed by atoms with Crippen molar-refractivity contribution in [3.63, 3.8) is 0 Å². The van der Waals surface area contributed by atoms with E-state index in [1.807, 2.05) is 6.92 Å². The van der Waals surface area contributed by atoms with Crippen LogP contribution in [0.5, 0.6) is 0 Å². The topological polar surface area (TPSA) is 29.3 Å². The molecule has 3 heteroatoms. The van der Waals surface area contributed by atoms with Crippen LogP contribution in [0.15, 0.2) is 22.7 Å². The molecule has 14 heavy (non-hydrogen) atoms. The normalized spacial score (nSPS) is 12.6. The average molecular weight is 257 g/mol. The van der Waals surface area contributed by atoms with Crippen molar-refractivity contribution in [3.05, 3.63) is 28.2 Å². The van der Waals surface area contributed by atoms with Gasteiger partial charge >= 0.3 is 0 Å². The Morgan fingerprint density at radius 3 is 2.57 bits per heavy atom. The molecular formula is C11H17BrN2. The zero-order chi connectivity index (χ0) is 10.7. The van der Waals surface area contributed by atoms with Crippen LogP contribution in [-0.2, 0) is 0 Å².